The normalized spacial score (nSPS) is 15.8. The van der Waals surface area contributed by atoms with Crippen LogP contribution in [0.25, 0.3) is 60.6 Å². The van der Waals surface area contributed by atoms with Crippen LogP contribution in [0.5, 0.6) is 0 Å². The summed E-state index contributed by atoms with van der Waals surface area (Å²) in [5.74, 6) is 0. The van der Waals surface area contributed by atoms with E-state index in [1.165, 1.54) is 60.5 Å². The molecule has 0 atom stereocenters. The first-order valence-electron chi connectivity index (χ1n) is 13.5. The van der Waals surface area contributed by atoms with Crippen LogP contribution in [0, 0.1) is 0 Å². The Bertz CT molecular complexity index is 2030. The lowest BCUT2D eigenvalue weighted by Gasteiger charge is -2.48. The second-order valence-electron chi connectivity index (χ2n) is 11.8. The molecule has 0 fully saturated rings. The summed E-state index contributed by atoms with van der Waals surface area (Å²) in [6.45, 7) is 9.56. The number of hydrogen-bond donors (Lipinski definition) is 0. The third-order valence-corrected chi connectivity index (χ3v) is 9.57. The molecule has 0 N–H and O–H groups in total. The van der Waals surface area contributed by atoms with Crippen molar-refractivity contribution in [2.45, 2.75) is 38.5 Å². The average molecular weight is 492 g/mol. The van der Waals surface area contributed by atoms with Crippen molar-refractivity contribution in [2.24, 2.45) is 0 Å². The molecule has 0 spiro atoms. The topological polar surface area (TPSA) is 18.1 Å². The zero-order valence-corrected chi connectivity index (χ0v) is 22.2. The lowest BCUT2D eigenvalue weighted by atomic mass is 9.55. The minimum Gasteiger partial charge on any atom is -0.455 e. The van der Waals surface area contributed by atoms with E-state index in [9.17, 15) is 0 Å². The van der Waals surface area contributed by atoms with E-state index in [0.29, 0.717) is 0 Å². The highest BCUT2D eigenvalue weighted by atomic mass is 16.3. The molecule has 7 aromatic rings. The monoisotopic (exact) mass is 491 g/mol. The van der Waals surface area contributed by atoms with Crippen molar-refractivity contribution in [3.8, 4) is 16.8 Å². The van der Waals surface area contributed by atoms with Crippen molar-refractivity contribution in [3.63, 3.8) is 0 Å². The van der Waals surface area contributed by atoms with Crippen LogP contribution >= 0.6 is 0 Å². The van der Waals surface area contributed by atoms with Crippen molar-refractivity contribution in [1.29, 1.82) is 0 Å². The molecule has 0 saturated heterocycles. The largest absolute Gasteiger partial charge is 0.455 e. The summed E-state index contributed by atoms with van der Waals surface area (Å²) >= 11 is 0. The van der Waals surface area contributed by atoms with E-state index in [1.807, 2.05) is 0 Å². The summed E-state index contributed by atoms with van der Waals surface area (Å²) in [6, 6.07) is 37.5. The summed E-state index contributed by atoms with van der Waals surface area (Å²) in [6.07, 6.45) is 0. The van der Waals surface area contributed by atoms with E-state index in [-0.39, 0.29) is 10.8 Å². The smallest absolute Gasteiger partial charge is 0.143 e. The highest BCUT2D eigenvalue weighted by Gasteiger charge is 2.47. The van der Waals surface area contributed by atoms with Crippen LogP contribution in [-0.2, 0) is 10.8 Å². The maximum atomic E-state index is 6.58. The van der Waals surface area contributed by atoms with Crippen LogP contribution < -0.4 is 0 Å². The first kappa shape index (κ1) is 21.8. The maximum Gasteiger partial charge on any atom is 0.143 e. The van der Waals surface area contributed by atoms with Gasteiger partial charge >= 0.3 is 0 Å². The van der Waals surface area contributed by atoms with Gasteiger partial charge in [0.1, 0.15) is 11.2 Å². The molecule has 2 heterocycles. The minimum atomic E-state index is -0.0953. The third-order valence-electron chi connectivity index (χ3n) is 9.57. The number of fused-ring (bicyclic) bond motifs is 10. The molecule has 1 aliphatic rings. The van der Waals surface area contributed by atoms with Gasteiger partial charge in [0.05, 0.1) is 11.0 Å². The van der Waals surface area contributed by atoms with Crippen LogP contribution in [0.2, 0.25) is 0 Å². The van der Waals surface area contributed by atoms with Gasteiger partial charge in [-0.15, -0.1) is 0 Å². The van der Waals surface area contributed by atoms with Crippen molar-refractivity contribution in [3.05, 3.63) is 114 Å². The van der Waals surface area contributed by atoms with Gasteiger partial charge in [0, 0.05) is 32.8 Å². The quantitative estimate of drug-likeness (QED) is 0.223. The molecule has 0 aliphatic heterocycles. The maximum absolute atomic E-state index is 6.58. The summed E-state index contributed by atoms with van der Waals surface area (Å²) in [5, 5.41) is 4.94. The Morgan fingerprint density at radius 3 is 1.87 bits per heavy atom. The summed E-state index contributed by atoms with van der Waals surface area (Å²) in [7, 11) is 0. The van der Waals surface area contributed by atoms with Gasteiger partial charge in [0.2, 0.25) is 0 Å². The lowest BCUT2D eigenvalue weighted by molar-refractivity contribution is 0.299. The van der Waals surface area contributed by atoms with Crippen molar-refractivity contribution < 1.29 is 4.42 Å². The number of nitrogens with zero attached hydrogens (tertiary/aromatic N) is 1. The first-order chi connectivity index (χ1) is 18.4. The van der Waals surface area contributed by atoms with Crippen LogP contribution in [0.1, 0.15) is 38.8 Å². The van der Waals surface area contributed by atoms with E-state index >= 15 is 0 Å². The van der Waals surface area contributed by atoms with E-state index < -0.39 is 0 Å². The Kier molecular flexibility index (Phi) is 4.10. The Labute approximate surface area is 222 Å². The molecule has 5 aromatic carbocycles. The highest BCUT2D eigenvalue weighted by molar-refractivity contribution is 6.12. The molecule has 0 radical (unpaired) electrons. The fourth-order valence-electron chi connectivity index (χ4n) is 6.86. The number of benzene rings is 5. The van der Waals surface area contributed by atoms with Gasteiger partial charge in [0.25, 0.3) is 0 Å². The SMILES string of the molecule is CC1(C)c2cc(-n3c4ccccc4c4ccccc43)ccc2-c2c(ccc3c2oc2ccccc23)C1(C)C. The average Bonchev–Trinajstić information content (AvgIpc) is 3.47. The number of rotatable bonds is 1. The second kappa shape index (κ2) is 7.17. The molecular formula is C36H29NO. The van der Waals surface area contributed by atoms with Crippen LogP contribution in [0.4, 0.5) is 0 Å². The van der Waals surface area contributed by atoms with Gasteiger partial charge in [-0.05, 0) is 57.9 Å². The minimum absolute atomic E-state index is 0.0935. The van der Waals surface area contributed by atoms with Gasteiger partial charge in [-0.25, -0.2) is 0 Å². The van der Waals surface area contributed by atoms with Gasteiger partial charge in [-0.2, -0.15) is 0 Å². The first-order valence-corrected chi connectivity index (χ1v) is 13.5. The van der Waals surface area contributed by atoms with E-state index in [4.69, 9.17) is 4.42 Å². The molecule has 38 heavy (non-hydrogen) atoms. The molecule has 2 heteroatoms. The number of furan rings is 1. The van der Waals surface area contributed by atoms with E-state index in [1.54, 1.807) is 0 Å². The molecule has 0 bridgehead atoms. The number of hydrogen-bond acceptors (Lipinski definition) is 1. The molecule has 0 amide bonds. The number of aromatic nitrogens is 1. The molecule has 0 saturated carbocycles. The summed E-state index contributed by atoms with van der Waals surface area (Å²) in [5.41, 5.74) is 10.7. The molecule has 2 aromatic heterocycles. The Morgan fingerprint density at radius 2 is 1.16 bits per heavy atom. The fraction of sp³-hybridized carbons (Fsp3) is 0.167. The van der Waals surface area contributed by atoms with Crippen LogP contribution in [0.3, 0.4) is 0 Å². The van der Waals surface area contributed by atoms with Crippen LogP contribution in [-0.4, -0.2) is 4.57 Å². The molecule has 2 nitrogen and oxygen atoms in total. The molecule has 1 aliphatic carbocycles. The zero-order valence-electron chi connectivity index (χ0n) is 22.2. The Morgan fingerprint density at radius 1 is 0.553 bits per heavy atom. The molecule has 184 valence electrons. The van der Waals surface area contributed by atoms with Gasteiger partial charge < -0.3 is 8.98 Å². The van der Waals surface area contributed by atoms with Gasteiger partial charge in [-0.1, -0.05) is 100 Å². The predicted molar refractivity (Wildman–Crippen MR) is 160 cm³/mol. The van der Waals surface area contributed by atoms with Crippen LogP contribution in [0.15, 0.2) is 108 Å². The predicted octanol–water partition coefficient (Wildman–Crippen LogP) is 9.92. The van der Waals surface area contributed by atoms with E-state index in [0.717, 1.165) is 11.2 Å². The van der Waals surface area contributed by atoms with Crippen molar-refractivity contribution >= 4 is 43.7 Å². The molecular weight excluding hydrogens is 462 g/mol. The highest BCUT2D eigenvalue weighted by Crippen LogP contribution is 2.56. The second-order valence-corrected chi connectivity index (χ2v) is 11.8. The standard InChI is InChI=1S/C36H29NO/c1-35(2)28-20-19-26-25-13-7-10-16-32(25)38-34(26)33(28)27-18-17-22(21-29(27)36(35,3)4)37-30-14-8-5-11-23(30)24-12-6-9-15-31(24)37/h5-21H,1-4H3. The molecule has 8 rings (SSSR count). The van der Waals surface area contributed by atoms with Gasteiger partial charge in [0.15, 0.2) is 0 Å². The number of para-hydroxylation sites is 3. The lowest BCUT2D eigenvalue weighted by Crippen LogP contribution is -2.43. The Hall–Kier alpha value is -4.30. The Balaban J connectivity index is 1.47. The van der Waals surface area contributed by atoms with E-state index in [2.05, 4.69) is 135 Å². The summed E-state index contributed by atoms with van der Waals surface area (Å²) in [4.78, 5) is 0. The summed E-state index contributed by atoms with van der Waals surface area (Å²) < 4.78 is 9.00. The van der Waals surface area contributed by atoms with Gasteiger partial charge in [-0.3, -0.25) is 0 Å². The zero-order chi connectivity index (χ0) is 25.8. The third kappa shape index (κ3) is 2.58. The molecule has 0 unspecified atom stereocenters. The van der Waals surface area contributed by atoms with Crippen molar-refractivity contribution in [1.82, 2.24) is 4.57 Å². The van der Waals surface area contributed by atoms with Crippen molar-refractivity contribution in [2.75, 3.05) is 0 Å². The fourth-order valence-corrected chi connectivity index (χ4v) is 6.86.